The molecule has 1 heterocycles. The van der Waals surface area contributed by atoms with Gasteiger partial charge >= 0.3 is 0 Å². The van der Waals surface area contributed by atoms with Gasteiger partial charge in [-0.15, -0.1) is 0 Å². The topological polar surface area (TPSA) is 53.1 Å². The lowest BCUT2D eigenvalue weighted by molar-refractivity contribution is 0.303. The lowest BCUT2D eigenvalue weighted by Crippen LogP contribution is -2.06. The number of nitrogens with zero attached hydrogens (tertiary/aromatic N) is 2. The first-order chi connectivity index (χ1) is 12.8. The third-order valence-corrected chi connectivity index (χ3v) is 4.36. The predicted octanol–water partition coefficient (Wildman–Crippen LogP) is 4.75. The molecular weight excluding hydrogens is 322 g/mol. The highest BCUT2D eigenvalue weighted by Gasteiger charge is 2.12. The van der Waals surface area contributed by atoms with Crippen molar-refractivity contribution in [2.75, 3.05) is 12.3 Å². The predicted molar refractivity (Wildman–Crippen MR) is 106 cm³/mol. The highest BCUT2D eigenvalue weighted by Crippen LogP contribution is 2.26. The molecule has 0 atom stereocenters. The number of ether oxygens (including phenoxy) is 1. The number of fused-ring (bicyclic) bond motifs is 1. The van der Waals surface area contributed by atoms with Crippen molar-refractivity contribution in [2.45, 2.75) is 13.0 Å². The molecule has 0 radical (unpaired) electrons. The highest BCUT2D eigenvalue weighted by atomic mass is 16.5. The van der Waals surface area contributed by atoms with Gasteiger partial charge in [0.2, 0.25) is 0 Å². The highest BCUT2D eigenvalue weighted by molar-refractivity contribution is 5.80. The standard InChI is InChI=1S/C22H21N3O/c23-18-13-11-17(12-14-18)22-24-20-9-4-5-10-21(20)25(22)15-6-16-26-19-7-2-1-3-8-19/h1-5,7-14H,6,15-16,23H2. The number of nitrogens with two attached hydrogens (primary N) is 1. The number of aromatic nitrogens is 2. The SMILES string of the molecule is Nc1ccc(-c2nc3ccccc3n2CCCOc2ccccc2)cc1. The summed E-state index contributed by atoms with van der Waals surface area (Å²) in [6, 6.07) is 26.0. The van der Waals surface area contributed by atoms with Crippen molar-refractivity contribution in [3.63, 3.8) is 0 Å². The van der Waals surface area contributed by atoms with Crippen LogP contribution in [0.3, 0.4) is 0 Å². The molecule has 0 unspecified atom stereocenters. The molecule has 4 nitrogen and oxygen atoms in total. The first-order valence-corrected chi connectivity index (χ1v) is 8.80. The number of rotatable bonds is 6. The number of aryl methyl sites for hydroxylation is 1. The molecule has 2 N–H and O–H groups in total. The van der Waals surface area contributed by atoms with Gasteiger partial charge in [-0.1, -0.05) is 30.3 Å². The summed E-state index contributed by atoms with van der Waals surface area (Å²) in [4.78, 5) is 4.83. The minimum absolute atomic E-state index is 0.664. The molecule has 0 spiro atoms. The fraction of sp³-hybridized carbons (Fsp3) is 0.136. The van der Waals surface area contributed by atoms with E-state index in [4.69, 9.17) is 15.5 Å². The van der Waals surface area contributed by atoms with Crippen LogP contribution in [0.25, 0.3) is 22.4 Å². The minimum atomic E-state index is 0.664. The maximum Gasteiger partial charge on any atom is 0.141 e. The average Bonchev–Trinajstić information content (AvgIpc) is 3.05. The van der Waals surface area contributed by atoms with Crippen LogP contribution >= 0.6 is 0 Å². The molecule has 0 amide bonds. The Kier molecular flexibility index (Phi) is 4.56. The second-order valence-electron chi connectivity index (χ2n) is 6.21. The molecule has 0 saturated heterocycles. The fourth-order valence-electron chi connectivity index (χ4n) is 3.08. The number of para-hydroxylation sites is 3. The summed E-state index contributed by atoms with van der Waals surface area (Å²) >= 11 is 0. The normalized spacial score (nSPS) is 10.9. The van der Waals surface area contributed by atoms with Gasteiger partial charge in [0.15, 0.2) is 0 Å². The first kappa shape index (κ1) is 16.2. The summed E-state index contributed by atoms with van der Waals surface area (Å²) in [5, 5.41) is 0. The molecule has 0 aliphatic rings. The smallest absolute Gasteiger partial charge is 0.141 e. The van der Waals surface area contributed by atoms with E-state index in [2.05, 4.69) is 10.6 Å². The van der Waals surface area contributed by atoms with Crippen LogP contribution in [-0.4, -0.2) is 16.2 Å². The van der Waals surface area contributed by atoms with E-state index in [1.165, 1.54) is 0 Å². The van der Waals surface area contributed by atoms with Crippen LogP contribution in [0.15, 0.2) is 78.9 Å². The van der Waals surface area contributed by atoms with Crippen LogP contribution in [0.1, 0.15) is 6.42 Å². The zero-order chi connectivity index (χ0) is 17.8. The molecule has 0 saturated carbocycles. The van der Waals surface area contributed by atoms with Crippen LogP contribution in [0.5, 0.6) is 5.75 Å². The monoisotopic (exact) mass is 343 g/mol. The van der Waals surface area contributed by atoms with E-state index >= 15 is 0 Å². The molecule has 130 valence electrons. The van der Waals surface area contributed by atoms with Crippen LogP contribution < -0.4 is 10.5 Å². The number of anilines is 1. The van der Waals surface area contributed by atoms with Gasteiger partial charge < -0.3 is 15.0 Å². The van der Waals surface area contributed by atoms with Gasteiger partial charge in [-0.05, 0) is 55.0 Å². The van der Waals surface area contributed by atoms with Crippen molar-refractivity contribution >= 4 is 16.7 Å². The largest absolute Gasteiger partial charge is 0.494 e. The van der Waals surface area contributed by atoms with E-state index in [1.807, 2.05) is 72.8 Å². The van der Waals surface area contributed by atoms with Crippen LogP contribution in [-0.2, 0) is 6.54 Å². The van der Waals surface area contributed by atoms with Crippen LogP contribution in [0, 0.1) is 0 Å². The molecule has 26 heavy (non-hydrogen) atoms. The third kappa shape index (κ3) is 3.40. The molecule has 4 rings (SSSR count). The summed E-state index contributed by atoms with van der Waals surface area (Å²) in [6.07, 6.45) is 0.900. The molecule has 0 bridgehead atoms. The summed E-state index contributed by atoms with van der Waals surface area (Å²) in [5.74, 6) is 1.87. The zero-order valence-electron chi connectivity index (χ0n) is 14.5. The molecule has 4 aromatic rings. The third-order valence-electron chi connectivity index (χ3n) is 4.36. The number of nitrogen functional groups attached to an aromatic ring is 1. The Labute approximate surface area is 152 Å². The Hall–Kier alpha value is -3.27. The molecule has 0 aliphatic heterocycles. The average molecular weight is 343 g/mol. The molecule has 0 aliphatic carbocycles. The Morgan fingerprint density at radius 2 is 1.58 bits per heavy atom. The van der Waals surface area contributed by atoms with E-state index in [0.29, 0.717) is 6.61 Å². The molecular formula is C22H21N3O. The number of hydrogen-bond donors (Lipinski definition) is 1. The van der Waals surface area contributed by atoms with Gasteiger partial charge in [0.1, 0.15) is 11.6 Å². The van der Waals surface area contributed by atoms with Gasteiger partial charge in [-0.3, -0.25) is 0 Å². The quantitative estimate of drug-likeness (QED) is 0.406. The number of hydrogen-bond acceptors (Lipinski definition) is 3. The minimum Gasteiger partial charge on any atom is -0.494 e. The van der Waals surface area contributed by atoms with Crippen molar-refractivity contribution in [2.24, 2.45) is 0 Å². The van der Waals surface area contributed by atoms with Crippen LogP contribution in [0.4, 0.5) is 5.69 Å². The molecule has 4 heteroatoms. The Morgan fingerprint density at radius 1 is 0.846 bits per heavy atom. The van der Waals surface area contributed by atoms with E-state index in [0.717, 1.165) is 46.8 Å². The summed E-state index contributed by atoms with van der Waals surface area (Å²) in [6.45, 7) is 1.50. The van der Waals surface area contributed by atoms with Gasteiger partial charge in [-0.2, -0.15) is 0 Å². The second-order valence-corrected chi connectivity index (χ2v) is 6.21. The lowest BCUT2D eigenvalue weighted by Gasteiger charge is -2.11. The van der Waals surface area contributed by atoms with Gasteiger partial charge in [-0.25, -0.2) is 4.98 Å². The van der Waals surface area contributed by atoms with E-state index in [1.54, 1.807) is 0 Å². The van der Waals surface area contributed by atoms with Crippen molar-refractivity contribution in [1.82, 2.24) is 9.55 Å². The zero-order valence-corrected chi connectivity index (χ0v) is 14.5. The summed E-state index contributed by atoms with van der Waals surface area (Å²) < 4.78 is 8.09. The van der Waals surface area contributed by atoms with E-state index in [-0.39, 0.29) is 0 Å². The first-order valence-electron chi connectivity index (χ1n) is 8.80. The van der Waals surface area contributed by atoms with Gasteiger partial charge in [0, 0.05) is 17.8 Å². The van der Waals surface area contributed by atoms with Gasteiger partial charge in [0.25, 0.3) is 0 Å². The molecule has 1 aromatic heterocycles. The van der Waals surface area contributed by atoms with Crippen molar-refractivity contribution < 1.29 is 4.74 Å². The number of imidazole rings is 1. The maximum absolute atomic E-state index is 5.83. The van der Waals surface area contributed by atoms with Crippen molar-refractivity contribution in [3.8, 4) is 17.1 Å². The van der Waals surface area contributed by atoms with E-state index in [9.17, 15) is 0 Å². The van der Waals surface area contributed by atoms with E-state index < -0.39 is 0 Å². The van der Waals surface area contributed by atoms with Crippen LogP contribution in [0.2, 0.25) is 0 Å². The second kappa shape index (κ2) is 7.31. The molecule has 0 fully saturated rings. The fourth-order valence-corrected chi connectivity index (χ4v) is 3.08. The van der Waals surface area contributed by atoms with Gasteiger partial charge in [0.05, 0.1) is 17.6 Å². The lowest BCUT2D eigenvalue weighted by atomic mass is 10.2. The van der Waals surface area contributed by atoms with Crippen molar-refractivity contribution in [3.05, 3.63) is 78.9 Å². The Morgan fingerprint density at radius 3 is 2.38 bits per heavy atom. The van der Waals surface area contributed by atoms with Crippen molar-refractivity contribution in [1.29, 1.82) is 0 Å². The molecule has 3 aromatic carbocycles. The summed E-state index contributed by atoms with van der Waals surface area (Å²) in [5.41, 5.74) is 9.79. The Balaban J connectivity index is 1.56. The Bertz CT molecular complexity index is 991. The summed E-state index contributed by atoms with van der Waals surface area (Å²) in [7, 11) is 0. The number of benzene rings is 3. The maximum atomic E-state index is 5.83.